The highest BCUT2D eigenvalue weighted by Crippen LogP contribution is 2.32. The first-order chi connectivity index (χ1) is 13.6. The summed E-state index contributed by atoms with van der Waals surface area (Å²) >= 11 is 7.25. The summed E-state index contributed by atoms with van der Waals surface area (Å²) in [6.45, 7) is 1.53. The molecule has 1 saturated heterocycles. The van der Waals surface area contributed by atoms with Gasteiger partial charge in [-0.25, -0.2) is 9.78 Å². The lowest BCUT2D eigenvalue weighted by molar-refractivity contribution is -0.139. The van der Waals surface area contributed by atoms with Crippen molar-refractivity contribution in [3.63, 3.8) is 0 Å². The molecule has 3 amide bonds. The first-order valence-electron chi connectivity index (χ1n) is 10.6. The number of amides is 3. The van der Waals surface area contributed by atoms with Crippen LogP contribution >= 0.6 is 22.9 Å². The van der Waals surface area contributed by atoms with E-state index in [4.69, 9.17) is 11.6 Å². The fourth-order valence-electron chi connectivity index (χ4n) is 4.74. The maximum absolute atomic E-state index is 13.2. The van der Waals surface area contributed by atoms with E-state index >= 15 is 0 Å². The van der Waals surface area contributed by atoms with Crippen molar-refractivity contribution in [3.05, 3.63) is 10.5 Å². The SMILES string of the molecule is O=C(C1CCC1)N1CCC(N(C(=O)Nc2ncc(Cl)s2)C2CCCCC2)CC1. The lowest BCUT2D eigenvalue weighted by Crippen LogP contribution is -2.55. The zero-order chi connectivity index (χ0) is 19.5. The first-order valence-corrected chi connectivity index (χ1v) is 11.8. The van der Waals surface area contributed by atoms with Crippen LogP contribution in [0.5, 0.6) is 0 Å². The highest BCUT2D eigenvalue weighted by Gasteiger charge is 2.37. The van der Waals surface area contributed by atoms with Gasteiger partial charge in [0.25, 0.3) is 0 Å². The van der Waals surface area contributed by atoms with E-state index in [1.54, 1.807) is 6.20 Å². The molecule has 0 bridgehead atoms. The molecule has 0 radical (unpaired) electrons. The fourth-order valence-corrected chi connectivity index (χ4v) is 5.54. The number of piperidine rings is 1. The zero-order valence-corrected chi connectivity index (χ0v) is 17.8. The van der Waals surface area contributed by atoms with Crippen LogP contribution in [-0.4, -0.2) is 51.9 Å². The number of nitrogens with one attached hydrogen (secondary N) is 1. The predicted molar refractivity (Wildman–Crippen MR) is 112 cm³/mol. The molecular weight excluding hydrogens is 396 g/mol. The summed E-state index contributed by atoms with van der Waals surface area (Å²) in [6, 6.07) is 0.397. The van der Waals surface area contributed by atoms with Gasteiger partial charge < -0.3 is 9.80 Å². The van der Waals surface area contributed by atoms with E-state index in [0.717, 1.165) is 51.6 Å². The van der Waals surface area contributed by atoms with E-state index < -0.39 is 0 Å². The molecule has 1 aliphatic heterocycles. The van der Waals surface area contributed by atoms with E-state index in [9.17, 15) is 9.59 Å². The number of carbonyl (C=O) groups excluding carboxylic acids is 2. The maximum atomic E-state index is 13.2. The number of anilines is 1. The van der Waals surface area contributed by atoms with Gasteiger partial charge in [0, 0.05) is 31.1 Å². The van der Waals surface area contributed by atoms with E-state index in [0.29, 0.717) is 15.4 Å². The standard InChI is InChI=1S/C20H29ClN4O2S/c21-17-13-22-19(28-17)23-20(27)25(15-7-2-1-3-8-15)16-9-11-24(12-10-16)18(26)14-5-4-6-14/h13-16H,1-12H2,(H,22,23,27). The van der Waals surface area contributed by atoms with Gasteiger partial charge in [-0.05, 0) is 38.5 Å². The molecule has 6 nitrogen and oxygen atoms in total. The van der Waals surface area contributed by atoms with Crippen LogP contribution in [0.3, 0.4) is 0 Å². The Bertz CT molecular complexity index is 694. The Labute approximate surface area is 175 Å². The van der Waals surface area contributed by atoms with Crippen LogP contribution in [0.4, 0.5) is 9.93 Å². The van der Waals surface area contributed by atoms with Gasteiger partial charge >= 0.3 is 6.03 Å². The molecule has 2 aliphatic carbocycles. The number of hydrogen-bond acceptors (Lipinski definition) is 4. The number of halogens is 1. The number of likely N-dealkylation sites (tertiary alicyclic amines) is 1. The molecule has 1 aromatic rings. The molecule has 0 spiro atoms. The minimum absolute atomic E-state index is 0.0679. The summed E-state index contributed by atoms with van der Waals surface area (Å²) in [6.07, 6.45) is 12.3. The minimum Gasteiger partial charge on any atom is -0.342 e. The van der Waals surface area contributed by atoms with Crippen molar-refractivity contribution in [1.29, 1.82) is 0 Å². The molecule has 0 atom stereocenters. The summed E-state index contributed by atoms with van der Waals surface area (Å²) in [5, 5.41) is 3.51. The zero-order valence-electron chi connectivity index (χ0n) is 16.2. The summed E-state index contributed by atoms with van der Waals surface area (Å²) in [5.41, 5.74) is 0. The number of thiazole rings is 1. The van der Waals surface area contributed by atoms with Gasteiger partial charge in [0.2, 0.25) is 5.91 Å². The van der Waals surface area contributed by atoms with E-state index in [2.05, 4.69) is 15.2 Å². The first kappa shape index (κ1) is 20.0. The number of urea groups is 1. The molecule has 8 heteroatoms. The molecule has 3 aliphatic rings. The molecule has 1 aromatic heterocycles. The van der Waals surface area contributed by atoms with Gasteiger partial charge in [0.05, 0.1) is 6.20 Å². The van der Waals surface area contributed by atoms with Crippen LogP contribution in [-0.2, 0) is 4.79 Å². The molecule has 154 valence electrons. The van der Waals surface area contributed by atoms with E-state index in [-0.39, 0.29) is 24.0 Å². The number of hydrogen-bond donors (Lipinski definition) is 1. The summed E-state index contributed by atoms with van der Waals surface area (Å²) in [5.74, 6) is 0.583. The second-order valence-corrected chi connectivity index (χ2v) is 9.95. The Hall–Kier alpha value is -1.34. The summed E-state index contributed by atoms with van der Waals surface area (Å²) in [4.78, 5) is 34.0. The van der Waals surface area contributed by atoms with Crippen LogP contribution in [0.2, 0.25) is 4.34 Å². The van der Waals surface area contributed by atoms with Crippen LogP contribution in [0.15, 0.2) is 6.20 Å². The minimum atomic E-state index is -0.0679. The van der Waals surface area contributed by atoms with Crippen molar-refractivity contribution >= 4 is 40.0 Å². The van der Waals surface area contributed by atoms with Crippen molar-refractivity contribution in [2.45, 2.75) is 76.3 Å². The van der Waals surface area contributed by atoms with Crippen LogP contribution in [0, 0.1) is 5.92 Å². The van der Waals surface area contributed by atoms with Gasteiger partial charge in [-0.15, -0.1) is 0 Å². The Morgan fingerprint density at radius 2 is 1.71 bits per heavy atom. The van der Waals surface area contributed by atoms with Crippen molar-refractivity contribution in [1.82, 2.24) is 14.8 Å². The van der Waals surface area contributed by atoms with Gasteiger partial charge in [-0.2, -0.15) is 0 Å². The molecule has 3 fully saturated rings. The lowest BCUT2D eigenvalue weighted by atomic mass is 9.83. The fraction of sp³-hybridized carbons (Fsp3) is 0.750. The maximum Gasteiger partial charge on any atom is 0.324 e. The average molecular weight is 425 g/mol. The largest absolute Gasteiger partial charge is 0.342 e. The molecule has 28 heavy (non-hydrogen) atoms. The quantitative estimate of drug-likeness (QED) is 0.758. The third-order valence-corrected chi connectivity index (χ3v) is 7.55. The van der Waals surface area contributed by atoms with E-state index in [1.165, 1.54) is 37.0 Å². The van der Waals surface area contributed by atoms with Crippen molar-refractivity contribution in [3.8, 4) is 0 Å². The smallest absolute Gasteiger partial charge is 0.324 e. The van der Waals surface area contributed by atoms with Crippen LogP contribution in [0.25, 0.3) is 0 Å². The van der Waals surface area contributed by atoms with Crippen molar-refractivity contribution in [2.24, 2.45) is 5.92 Å². The van der Waals surface area contributed by atoms with Gasteiger partial charge in [0.15, 0.2) is 5.13 Å². The Kier molecular flexibility index (Phi) is 6.41. The third kappa shape index (κ3) is 4.46. The summed E-state index contributed by atoms with van der Waals surface area (Å²) in [7, 11) is 0. The van der Waals surface area contributed by atoms with E-state index in [1.807, 2.05) is 4.90 Å². The second-order valence-electron chi connectivity index (χ2n) is 8.28. The Morgan fingerprint density at radius 3 is 2.29 bits per heavy atom. The molecule has 0 aromatic carbocycles. The highest BCUT2D eigenvalue weighted by molar-refractivity contribution is 7.19. The van der Waals surface area contributed by atoms with Crippen molar-refractivity contribution in [2.75, 3.05) is 18.4 Å². The molecule has 4 rings (SSSR count). The molecular formula is C20H29ClN4O2S. The Morgan fingerprint density at radius 1 is 1.04 bits per heavy atom. The monoisotopic (exact) mass is 424 g/mol. The lowest BCUT2D eigenvalue weighted by Gasteiger charge is -2.44. The summed E-state index contributed by atoms with van der Waals surface area (Å²) < 4.78 is 0.572. The normalized spacial score (nSPS) is 22.0. The predicted octanol–water partition coefficient (Wildman–Crippen LogP) is 4.75. The van der Waals surface area contributed by atoms with Crippen LogP contribution in [0.1, 0.15) is 64.2 Å². The molecule has 0 unspecified atom stereocenters. The molecule has 2 saturated carbocycles. The number of aromatic nitrogens is 1. The van der Waals surface area contributed by atoms with Crippen LogP contribution < -0.4 is 5.32 Å². The second kappa shape index (κ2) is 8.99. The van der Waals surface area contributed by atoms with Crippen molar-refractivity contribution < 1.29 is 9.59 Å². The number of nitrogens with zero attached hydrogens (tertiary/aromatic N) is 3. The van der Waals surface area contributed by atoms with Gasteiger partial charge in [0.1, 0.15) is 4.34 Å². The third-order valence-electron chi connectivity index (χ3n) is 6.52. The van der Waals surface area contributed by atoms with Gasteiger partial charge in [-0.1, -0.05) is 48.6 Å². The molecule has 2 heterocycles. The average Bonchev–Trinajstić information content (AvgIpc) is 3.06. The highest BCUT2D eigenvalue weighted by atomic mass is 35.5. The topological polar surface area (TPSA) is 65.5 Å². The Balaban J connectivity index is 1.41. The number of carbonyl (C=O) groups is 2. The van der Waals surface area contributed by atoms with Gasteiger partial charge in [-0.3, -0.25) is 10.1 Å². The molecule has 1 N–H and O–H groups in total. The number of rotatable bonds is 4.